The maximum atomic E-state index is 5.46. The van der Waals surface area contributed by atoms with Gasteiger partial charge in [-0.1, -0.05) is 6.08 Å². The molecule has 1 aromatic carbocycles. The standard InChI is InChI=1S/C18H23N3O2/c1-6-7-15-8-14(9-16(22-4)17(15)23-5)11-20-18-13(3)19-10-12(2)21-18/h6,8-10H,1,7,11H2,2-5H3,(H,20,21). The first-order valence-electron chi connectivity index (χ1n) is 7.47. The summed E-state index contributed by atoms with van der Waals surface area (Å²) in [7, 11) is 3.29. The van der Waals surface area contributed by atoms with Gasteiger partial charge < -0.3 is 14.8 Å². The fraction of sp³-hybridized carbons (Fsp3) is 0.333. The third-order valence-corrected chi connectivity index (χ3v) is 3.52. The molecule has 5 nitrogen and oxygen atoms in total. The van der Waals surface area contributed by atoms with Crippen LogP contribution in [0.4, 0.5) is 5.82 Å². The third kappa shape index (κ3) is 4.00. The highest BCUT2D eigenvalue weighted by Crippen LogP contribution is 2.33. The molecule has 0 spiro atoms. The van der Waals surface area contributed by atoms with Gasteiger partial charge in [0.15, 0.2) is 11.5 Å². The van der Waals surface area contributed by atoms with Crippen LogP contribution in [0, 0.1) is 13.8 Å². The molecule has 5 heteroatoms. The maximum absolute atomic E-state index is 5.46. The highest BCUT2D eigenvalue weighted by Gasteiger charge is 2.12. The maximum Gasteiger partial charge on any atom is 0.164 e. The summed E-state index contributed by atoms with van der Waals surface area (Å²) >= 11 is 0. The number of anilines is 1. The average molecular weight is 313 g/mol. The molecule has 0 unspecified atom stereocenters. The van der Waals surface area contributed by atoms with Crippen molar-refractivity contribution in [1.29, 1.82) is 0 Å². The number of benzene rings is 1. The van der Waals surface area contributed by atoms with Gasteiger partial charge in [-0.2, -0.15) is 0 Å². The molecule has 0 aliphatic rings. The molecular weight excluding hydrogens is 290 g/mol. The fourth-order valence-electron chi connectivity index (χ4n) is 2.41. The molecule has 0 radical (unpaired) electrons. The van der Waals surface area contributed by atoms with Gasteiger partial charge in [-0.15, -0.1) is 6.58 Å². The van der Waals surface area contributed by atoms with Gasteiger partial charge >= 0.3 is 0 Å². The molecule has 23 heavy (non-hydrogen) atoms. The number of ether oxygens (including phenoxy) is 2. The molecule has 1 N–H and O–H groups in total. The Morgan fingerprint density at radius 1 is 1.22 bits per heavy atom. The fourth-order valence-corrected chi connectivity index (χ4v) is 2.41. The zero-order chi connectivity index (χ0) is 16.8. The van der Waals surface area contributed by atoms with E-state index in [0.29, 0.717) is 6.54 Å². The van der Waals surface area contributed by atoms with Gasteiger partial charge in [0, 0.05) is 18.3 Å². The Balaban J connectivity index is 2.27. The molecule has 2 rings (SSSR count). The summed E-state index contributed by atoms with van der Waals surface area (Å²) < 4.78 is 10.9. The topological polar surface area (TPSA) is 56.3 Å². The second-order valence-corrected chi connectivity index (χ2v) is 5.28. The van der Waals surface area contributed by atoms with Crippen molar-refractivity contribution in [3.05, 3.63) is 53.5 Å². The first-order valence-corrected chi connectivity index (χ1v) is 7.47. The van der Waals surface area contributed by atoms with Crippen LogP contribution in [-0.4, -0.2) is 24.2 Å². The van der Waals surface area contributed by atoms with E-state index in [1.807, 2.05) is 26.0 Å². The SMILES string of the molecule is C=CCc1cc(CNc2nc(C)cnc2C)cc(OC)c1OC. The summed E-state index contributed by atoms with van der Waals surface area (Å²) in [4.78, 5) is 8.79. The predicted molar refractivity (Wildman–Crippen MR) is 92.3 cm³/mol. The molecule has 0 saturated heterocycles. The number of rotatable bonds is 7. The molecule has 0 amide bonds. The van der Waals surface area contributed by atoms with E-state index in [4.69, 9.17) is 9.47 Å². The highest BCUT2D eigenvalue weighted by atomic mass is 16.5. The van der Waals surface area contributed by atoms with Crippen LogP contribution < -0.4 is 14.8 Å². The molecule has 0 atom stereocenters. The number of nitrogens with one attached hydrogen (secondary N) is 1. The van der Waals surface area contributed by atoms with Crippen LogP contribution in [0.5, 0.6) is 11.5 Å². The van der Waals surface area contributed by atoms with E-state index in [1.165, 1.54) is 0 Å². The zero-order valence-electron chi connectivity index (χ0n) is 14.1. The molecule has 0 fully saturated rings. The minimum absolute atomic E-state index is 0.628. The van der Waals surface area contributed by atoms with Crippen LogP contribution in [-0.2, 0) is 13.0 Å². The average Bonchev–Trinajstić information content (AvgIpc) is 2.55. The van der Waals surface area contributed by atoms with Crippen molar-refractivity contribution in [2.24, 2.45) is 0 Å². The van der Waals surface area contributed by atoms with Crippen LogP contribution in [0.1, 0.15) is 22.5 Å². The molecule has 1 aromatic heterocycles. The van der Waals surface area contributed by atoms with E-state index in [-0.39, 0.29) is 0 Å². The molecule has 2 aromatic rings. The Bertz CT molecular complexity index is 699. The second-order valence-electron chi connectivity index (χ2n) is 5.28. The molecule has 122 valence electrons. The van der Waals surface area contributed by atoms with Crippen molar-refractivity contribution >= 4 is 5.82 Å². The van der Waals surface area contributed by atoms with Gasteiger partial charge in [0.25, 0.3) is 0 Å². The van der Waals surface area contributed by atoms with Gasteiger partial charge in [-0.05, 0) is 38.0 Å². The quantitative estimate of drug-likeness (QED) is 0.793. The normalized spacial score (nSPS) is 10.3. The Morgan fingerprint density at radius 3 is 2.65 bits per heavy atom. The zero-order valence-corrected chi connectivity index (χ0v) is 14.1. The first-order chi connectivity index (χ1) is 11.1. The van der Waals surface area contributed by atoms with Gasteiger partial charge in [-0.3, -0.25) is 4.98 Å². The predicted octanol–water partition coefficient (Wildman–Crippen LogP) is 3.45. The van der Waals surface area contributed by atoms with Crippen LogP contribution >= 0.6 is 0 Å². The Hall–Kier alpha value is -2.56. The van der Waals surface area contributed by atoms with E-state index in [2.05, 4.69) is 27.9 Å². The van der Waals surface area contributed by atoms with Crippen LogP contribution in [0.2, 0.25) is 0 Å². The third-order valence-electron chi connectivity index (χ3n) is 3.52. The summed E-state index contributed by atoms with van der Waals surface area (Å²) in [6.07, 6.45) is 4.33. The molecule has 0 saturated carbocycles. The van der Waals surface area contributed by atoms with E-state index >= 15 is 0 Å². The lowest BCUT2D eigenvalue weighted by Gasteiger charge is -2.15. The van der Waals surface area contributed by atoms with E-state index < -0.39 is 0 Å². The number of aryl methyl sites for hydroxylation is 2. The van der Waals surface area contributed by atoms with Crippen molar-refractivity contribution in [2.45, 2.75) is 26.8 Å². The number of allylic oxidation sites excluding steroid dienone is 1. The van der Waals surface area contributed by atoms with Crippen molar-refractivity contribution in [3.8, 4) is 11.5 Å². The van der Waals surface area contributed by atoms with Gasteiger partial charge in [0.1, 0.15) is 5.82 Å². The van der Waals surface area contributed by atoms with E-state index in [0.717, 1.165) is 46.3 Å². The van der Waals surface area contributed by atoms with Gasteiger partial charge in [0.2, 0.25) is 0 Å². The minimum Gasteiger partial charge on any atom is -0.493 e. The number of hydrogen-bond donors (Lipinski definition) is 1. The lowest BCUT2D eigenvalue weighted by molar-refractivity contribution is 0.352. The number of nitrogens with zero attached hydrogens (tertiary/aromatic N) is 2. The summed E-state index contributed by atoms with van der Waals surface area (Å²) in [5.41, 5.74) is 3.90. The molecule has 1 heterocycles. The van der Waals surface area contributed by atoms with Crippen molar-refractivity contribution in [2.75, 3.05) is 19.5 Å². The molecule has 0 bridgehead atoms. The number of hydrogen-bond acceptors (Lipinski definition) is 5. The van der Waals surface area contributed by atoms with Crippen LogP contribution in [0.15, 0.2) is 31.0 Å². The molecule has 0 aliphatic heterocycles. The summed E-state index contributed by atoms with van der Waals surface area (Å²) in [6.45, 7) is 8.29. The molecular formula is C18H23N3O2. The minimum atomic E-state index is 0.628. The summed E-state index contributed by atoms with van der Waals surface area (Å²) in [6, 6.07) is 4.06. The Kier molecular flexibility index (Phi) is 5.57. The second kappa shape index (κ2) is 7.63. The largest absolute Gasteiger partial charge is 0.493 e. The Morgan fingerprint density at radius 2 is 2.00 bits per heavy atom. The lowest BCUT2D eigenvalue weighted by atomic mass is 10.1. The van der Waals surface area contributed by atoms with Crippen LogP contribution in [0.25, 0.3) is 0 Å². The van der Waals surface area contributed by atoms with Crippen molar-refractivity contribution in [3.63, 3.8) is 0 Å². The summed E-state index contributed by atoms with van der Waals surface area (Å²) in [5, 5.41) is 3.33. The van der Waals surface area contributed by atoms with Crippen molar-refractivity contribution < 1.29 is 9.47 Å². The smallest absolute Gasteiger partial charge is 0.164 e. The van der Waals surface area contributed by atoms with E-state index in [9.17, 15) is 0 Å². The lowest BCUT2D eigenvalue weighted by Crippen LogP contribution is -2.06. The van der Waals surface area contributed by atoms with Crippen molar-refractivity contribution in [1.82, 2.24) is 9.97 Å². The van der Waals surface area contributed by atoms with Gasteiger partial charge in [-0.25, -0.2) is 4.98 Å². The molecule has 0 aliphatic carbocycles. The van der Waals surface area contributed by atoms with Crippen LogP contribution in [0.3, 0.4) is 0 Å². The van der Waals surface area contributed by atoms with E-state index in [1.54, 1.807) is 20.4 Å². The van der Waals surface area contributed by atoms with Gasteiger partial charge in [0.05, 0.1) is 25.6 Å². The Labute approximate surface area is 137 Å². The number of methoxy groups -OCH3 is 2. The first kappa shape index (κ1) is 16.8. The summed E-state index contributed by atoms with van der Waals surface area (Å²) in [5.74, 6) is 2.27. The highest BCUT2D eigenvalue weighted by molar-refractivity contribution is 5.51. The monoisotopic (exact) mass is 313 g/mol. The number of aromatic nitrogens is 2.